The zero-order valence-corrected chi connectivity index (χ0v) is 14.4. The highest BCUT2D eigenvalue weighted by Crippen LogP contribution is 2.37. The highest BCUT2D eigenvalue weighted by Gasteiger charge is 2.47. The number of nitrogens with zero attached hydrogens (tertiary/aromatic N) is 6. The van der Waals surface area contributed by atoms with Gasteiger partial charge in [-0.2, -0.15) is 0 Å². The van der Waals surface area contributed by atoms with Crippen LogP contribution in [0, 0.1) is 0 Å². The standard InChI is InChI=1S/C15H16N8O2S/c1-6-20(7-2-16-1)21-11-12(13-17-5-10-26-13)14(23-19-4-9-25-23)22(21)15-18-3-8-24-15/h1-6,8-11,14-15,18-19H,7H2. The van der Waals surface area contributed by atoms with Crippen LogP contribution < -0.4 is 10.7 Å². The maximum absolute atomic E-state index is 5.74. The Bertz CT molecular complexity index is 789. The van der Waals surface area contributed by atoms with Crippen LogP contribution in [0.15, 0.2) is 60.1 Å². The summed E-state index contributed by atoms with van der Waals surface area (Å²) in [6.07, 6.45) is 15.3. The molecule has 2 N–H and O–H groups in total. The molecule has 0 radical (unpaired) electrons. The molecule has 0 aromatic carbocycles. The summed E-state index contributed by atoms with van der Waals surface area (Å²) >= 11 is 1.57. The van der Waals surface area contributed by atoms with Gasteiger partial charge >= 0.3 is 0 Å². The number of hydroxylamine groups is 1. The van der Waals surface area contributed by atoms with Crippen LogP contribution in [0.2, 0.25) is 0 Å². The Morgan fingerprint density at radius 3 is 2.96 bits per heavy atom. The van der Waals surface area contributed by atoms with E-state index in [1.165, 1.54) is 0 Å². The van der Waals surface area contributed by atoms with Gasteiger partial charge in [0.25, 0.3) is 0 Å². The fourth-order valence-corrected chi connectivity index (χ4v) is 3.68. The Hall–Kier alpha value is -3.02. The summed E-state index contributed by atoms with van der Waals surface area (Å²) in [5.74, 6) is 0. The molecule has 5 rings (SSSR count). The number of hydrogen-bond acceptors (Lipinski definition) is 11. The molecule has 4 aliphatic heterocycles. The van der Waals surface area contributed by atoms with E-state index < -0.39 is 6.35 Å². The molecule has 0 saturated heterocycles. The lowest BCUT2D eigenvalue weighted by Crippen LogP contribution is -2.62. The highest BCUT2D eigenvalue weighted by molar-refractivity contribution is 7.10. The van der Waals surface area contributed by atoms with Gasteiger partial charge in [0, 0.05) is 48.2 Å². The van der Waals surface area contributed by atoms with Gasteiger partial charge in [-0.05, 0) is 5.17 Å². The summed E-state index contributed by atoms with van der Waals surface area (Å²) in [6.45, 7) is 0.633. The molecule has 1 aromatic rings. The molecule has 2 atom stereocenters. The van der Waals surface area contributed by atoms with Gasteiger partial charge in [0.2, 0.25) is 6.35 Å². The number of rotatable bonds is 4. The van der Waals surface area contributed by atoms with Gasteiger partial charge in [0.15, 0.2) is 6.17 Å². The van der Waals surface area contributed by atoms with Gasteiger partial charge in [-0.25, -0.2) is 10.1 Å². The van der Waals surface area contributed by atoms with Crippen molar-refractivity contribution in [2.24, 2.45) is 4.99 Å². The second-order valence-corrected chi connectivity index (χ2v) is 6.46. The van der Waals surface area contributed by atoms with Crippen molar-refractivity contribution in [1.29, 1.82) is 0 Å². The number of ether oxygens (including phenoxy) is 1. The van der Waals surface area contributed by atoms with E-state index in [0.717, 1.165) is 10.6 Å². The average molecular weight is 372 g/mol. The summed E-state index contributed by atoms with van der Waals surface area (Å²) in [7, 11) is 0. The van der Waals surface area contributed by atoms with Crippen molar-refractivity contribution in [3.05, 3.63) is 60.1 Å². The van der Waals surface area contributed by atoms with Crippen LogP contribution in [0.3, 0.4) is 0 Å². The Balaban J connectivity index is 1.55. The van der Waals surface area contributed by atoms with E-state index in [4.69, 9.17) is 9.57 Å². The van der Waals surface area contributed by atoms with E-state index in [9.17, 15) is 0 Å². The number of aromatic nitrogens is 1. The van der Waals surface area contributed by atoms with Gasteiger partial charge < -0.3 is 14.9 Å². The molecular weight excluding hydrogens is 356 g/mol. The fourth-order valence-electron chi connectivity index (χ4n) is 3.01. The second kappa shape index (κ2) is 6.37. The van der Waals surface area contributed by atoms with Crippen molar-refractivity contribution in [3.63, 3.8) is 0 Å². The summed E-state index contributed by atoms with van der Waals surface area (Å²) < 4.78 is 5.74. The molecule has 0 aliphatic carbocycles. The highest BCUT2D eigenvalue weighted by atomic mass is 32.1. The van der Waals surface area contributed by atoms with Gasteiger partial charge in [-0.15, -0.1) is 16.3 Å². The fraction of sp³-hybridized carbons (Fsp3) is 0.200. The Labute approximate surface area is 153 Å². The minimum absolute atomic E-state index is 0.319. The molecule has 0 amide bonds. The Morgan fingerprint density at radius 2 is 2.27 bits per heavy atom. The van der Waals surface area contributed by atoms with Crippen molar-refractivity contribution >= 4 is 23.1 Å². The molecule has 0 fully saturated rings. The first-order chi connectivity index (χ1) is 12.9. The zero-order chi connectivity index (χ0) is 17.3. The quantitative estimate of drug-likeness (QED) is 0.794. The third kappa shape index (κ3) is 2.49. The molecule has 26 heavy (non-hydrogen) atoms. The number of thiazole rings is 1. The molecule has 2 unspecified atom stereocenters. The van der Waals surface area contributed by atoms with Crippen LogP contribution in [-0.2, 0) is 9.57 Å². The molecular formula is C15H16N8O2S. The van der Waals surface area contributed by atoms with E-state index >= 15 is 0 Å². The van der Waals surface area contributed by atoms with Gasteiger partial charge in [-0.3, -0.25) is 15.4 Å². The Morgan fingerprint density at radius 1 is 1.27 bits per heavy atom. The first-order valence-corrected chi connectivity index (χ1v) is 8.87. The number of hydrazine groups is 3. The minimum atomic E-state index is -0.410. The van der Waals surface area contributed by atoms with Crippen molar-refractivity contribution in [2.45, 2.75) is 12.5 Å². The van der Waals surface area contributed by atoms with Crippen molar-refractivity contribution in [3.8, 4) is 0 Å². The van der Waals surface area contributed by atoms with Crippen molar-refractivity contribution in [1.82, 2.24) is 36.0 Å². The predicted molar refractivity (Wildman–Crippen MR) is 94.2 cm³/mol. The zero-order valence-electron chi connectivity index (χ0n) is 13.5. The lowest BCUT2D eigenvalue weighted by atomic mass is 10.2. The minimum Gasteiger partial charge on any atom is -0.461 e. The van der Waals surface area contributed by atoms with Crippen molar-refractivity contribution in [2.75, 3.05) is 6.54 Å². The summed E-state index contributed by atoms with van der Waals surface area (Å²) in [4.78, 5) is 14.3. The molecule has 10 nitrogen and oxygen atoms in total. The smallest absolute Gasteiger partial charge is 0.249 e. The number of nitrogens with one attached hydrogen (secondary N) is 2. The van der Waals surface area contributed by atoms with Crippen LogP contribution in [0.25, 0.3) is 5.57 Å². The number of aliphatic imine (C=N–C) groups is 1. The summed E-state index contributed by atoms with van der Waals surface area (Å²) in [6, 6.07) is 0. The summed E-state index contributed by atoms with van der Waals surface area (Å²) in [5, 5.41) is 13.7. The van der Waals surface area contributed by atoms with Crippen LogP contribution in [0.4, 0.5) is 0 Å². The van der Waals surface area contributed by atoms with Gasteiger partial charge in [0.1, 0.15) is 17.5 Å². The van der Waals surface area contributed by atoms with Gasteiger partial charge in [-0.1, -0.05) is 0 Å². The van der Waals surface area contributed by atoms with E-state index in [1.54, 1.807) is 53.8 Å². The Kier molecular flexibility index (Phi) is 3.74. The van der Waals surface area contributed by atoms with E-state index in [0.29, 0.717) is 6.54 Å². The average Bonchev–Trinajstić information content (AvgIpc) is 3.49. The molecule has 4 aliphatic rings. The normalized spacial score (nSPS) is 27.5. The second-order valence-electron chi connectivity index (χ2n) is 5.57. The lowest BCUT2D eigenvalue weighted by molar-refractivity contribution is -0.267. The maximum atomic E-state index is 5.74. The molecule has 5 heterocycles. The molecule has 0 spiro atoms. The number of hydrogen-bond donors (Lipinski definition) is 2. The maximum Gasteiger partial charge on any atom is 0.249 e. The molecule has 0 saturated carbocycles. The lowest BCUT2D eigenvalue weighted by Gasteiger charge is -2.43. The van der Waals surface area contributed by atoms with Crippen LogP contribution in [-0.4, -0.2) is 50.6 Å². The SMILES string of the molecule is C1=CN(N2C=C(c3nccs3)C(N3NC=CO3)N2C2NC=CO2)CC=N1. The molecule has 1 aromatic heterocycles. The third-order valence-corrected chi connectivity index (χ3v) is 4.90. The third-order valence-electron chi connectivity index (χ3n) is 4.08. The topological polar surface area (TPSA) is 80.7 Å². The molecule has 134 valence electrons. The molecule has 0 bridgehead atoms. The van der Waals surface area contributed by atoms with Gasteiger partial charge in [0.05, 0.1) is 12.7 Å². The van der Waals surface area contributed by atoms with E-state index in [1.807, 2.05) is 39.1 Å². The van der Waals surface area contributed by atoms with E-state index in [-0.39, 0.29) is 6.17 Å². The van der Waals surface area contributed by atoms with Crippen LogP contribution in [0.5, 0.6) is 0 Å². The largest absolute Gasteiger partial charge is 0.461 e. The molecule has 11 heteroatoms. The first kappa shape index (κ1) is 15.3. The van der Waals surface area contributed by atoms with Crippen LogP contribution >= 0.6 is 11.3 Å². The monoisotopic (exact) mass is 372 g/mol. The van der Waals surface area contributed by atoms with E-state index in [2.05, 4.69) is 20.7 Å². The predicted octanol–water partition coefficient (Wildman–Crippen LogP) is 0.713. The van der Waals surface area contributed by atoms with Crippen molar-refractivity contribution < 1.29 is 9.57 Å². The summed E-state index contributed by atoms with van der Waals surface area (Å²) in [5.41, 5.74) is 4.08. The first-order valence-electron chi connectivity index (χ1n) is 7.99. The van der Waals surface area contributed by atoms with Crippen LogP contribution in [0.1, 0.15) is 5.01 Å².